The highest BCUT2D eigenvalue weighted by Gasteiger charge is 2.32. The fourth-order valence-corrected chi connectivity index (χ4v) is 3.11. The maximum atomic E-state index is 14.5. The molecule has 0 bridgehead atoms. The van der Waals surface area contributed by atoms with Crippen molar-refractivity contribution in [1.82, 2.24) is 9.88 Å². The molecule has 0 radical (unpaired) electrons. The lowest BCUT2D eigenvalue weighted by atomic mass is 10.1. The van der Waals surface area contributed by atoms with Crippen molar-refractivity contribution < 1.29 is 27.0 Å². The van der Waals surface area contributed by atoms with Crippen molar-refractivity contribution in [2.75, 3.05) is 13.6 Å². The number of rotatable bonds is 7. The first-order chi connectivity index (χ1) is 13.3. The normalized spacial score (nSPS) is 11.8. The van der Waals surface area contributed by atoms with Gasteiger partial charge in [-0.05, 0) is 43.8 Å². The number of fused-ring (bicyclic) bond motifs is 1. The number of aryl methyl sites for hydroxylation is 1. The molecule has 3 aromatic rings. The fraction of sp³-hybridized carbons (Fsp3) is 0.300. The first-order valence-corrected chi connectivity index (χ1v) is 8.67. The van der Waals surface area contributed by atoms with Crippen LogP contribution in [0.25, 0.3) is 10.9 Å². The van der Waals surface area contributed by atoms with Gasteiger partial charge in [-0.15, -0.1) is 13.2 Å². The Morgan fingerprint density at radius 3 is 2.54 bits per heavy atom. The molecule has 2 aromatic carbocycles. The van der Waals surface area contributed by atoms with Crippen molar-refractivity contribution in [3.63, 3.8) is 0 Å². The SMILES string of the molecule is CNCCc1cn(C)c2ccc(F)c(OCc3ccccc3OC(F)(F)F)c12. The monoisotopic (exact) mass is 396 g/mol. The molecular weight excluding hydrogens is 376 g/mol. The van der Waals surface area contributed by atoms with Crippen LogP contribution in [0.15, 0.2) is 42.6 Å². The van der Waals surface area contributed by atoms with E-state index in [9.17, 15) is 17.6 Å². The molecule has 28 heavy (non-hydrogen) atoms. The van der Waals surface area contributed by atoms with E-state index in [-0.39, 0.29) is 23.7 Å². The number of hydrogen-bond acceptors (Lipinski definition) is 3. The number of ether oxygens (including phenoxy) is 2. The van der Waals surface area contributed by atoms with Crippen LogP contribution in [0.2, 0.25) is 0 Å². The molecule has 1 heterocycles. The highest BCUT2D eigenvalue weighted by Crippen LogP contribution is 2.35. The van der Waals surface area contributed by atoms with Crippen LogP contribution in [0.3, 0.4) is 0 Å². The molecule has 0 atom stereocenters. The molecule has 150 valence electrons. The molecule has 8 heteroatoms. The molecule has 0 aliphatic carbocycles. The predicted molar refractivity (Wildman–Crippen MR) is 98.0 cm³/mol. The molecule has 0 aliphatic heterocycles. The number of nitrogens with zero attached hydrogens (tertiary/aromatic N) is 1. The van der Waals surface area contributed by atoms with E-state index in [4.69, 9.17) is 4.74 Å². The first kappa shape index (κ1) is 20.0. The Morgan fingerprint density at radius 1 is 1.07 bits per heavy atom. The molecule has 0 unspecified atom stereocenters. The number of likely N-dealkylation sites (N-methyl/N-ethyl adjacent to an activating group) is 1. The molecule has 0 saturated carbocycles. The summed E-state index contributed by atoms with van der Waals surface area (Å²) in [5.74, 6) is -0.921. The molecule has 0 saturated heterocycles. The Balaban J connectivity index is 1.94. The van der Waals surface area contributed by atoms with Crippen LogP contribution in [-0.4, -0.2) is 24.5 Å². The van der Waals surface area contributed by atoms with Crippen LogP contribution in [0.4, 0.5) is 17.6 Å². The summed E-state index contributed by atoms with van der Waals surface area (Å²) in [7, 11) is 3.67. The number of alkyl halides is 3. The van der Waals surface area contributed by atoms with Gasteiger partial charge in [0.15, 0.2) is 11.6 Å². The van der Waals surface area contributed by atoms with Crippen molar-refractivity contribution in [2.45, 2.75) is 19.4 Å². The summed E-state index contributed by atoms with van der Waals surface area (Å²) in [5.41, 5.74) is 1.84. The minimum atomic E-state index is -4.82. The summed E-state index contributed by atoms with van der Waals surface area (Å²) < 4.78 is 63.9. The van der Waals surface area contributed by atoms with Gasteiger partial charge in [-0.25, -0.2) is 4.39 Å². The zero-order chi connectivity index (χ0) is 20.3. The second kappa shape index (κ2) is 8.10. The third-order valence-electron chi connectivity index (χ3n) is 4.35. The average molecular weight is 396 g/mol. The van der Waals surface area contributed by atoms with Crippen LogP contribution < -0.4 is 14.8 Å². The topological polar surface area (TPSA) is 35.4 Å². The number of nitrogens with one attached hydrogen (secondary N) is 1. The quantitative estimate of drug-likeness (QED) is 0.595. The van der Waals surface area contributed by atoms with Gasteiger partial charge in [-0.1, -0.05) is 18.2 Å². The van der Waals surface area contributed by atoms with Crippen LogP contribution in [0, 0.1) is 5.82 Å². The summed E-state index contributed by atoms with van der Waals surface area (Å²) in [6, 6.07) is 8.59. The van der Waals surface area contributed by atoms with E-state index >= 15 is 0 Å². The van der Waals surface area contributed by atoms with Gasteiger partial charge in [0.1, 0.15) is 12.4 Å². The molecule has 0 aliphatic rings. The Bertz CT molecular complexity index is 967. The molecule has 4 nitrogen and oxygen atoms in total. The zero-order valence-electron chi connectivity index (χ0n) is 15.4. The van der Waals surface area contributed by atoms with E-state index in [1.807, 2.05) is 24.9 Å². The van der Waals surface area contributed by atoms with E-state index in [2.05, 4.69) is 10.1 Å². The van der Waals surface area contributed by atoms with Crippen molar-refractivity contribution in [3.8, 4) is 11.5 Å². The molecule has 1 aromatic heterocycles. The lowest BCUT2D eigenvalue weighted by molar-refractivity contribution is -0.275. The molecule has 0 amide bonds. The van der Waals surface area contributed by atoms with E-state index in [1.54, 1.807) is 12.1 Å². The van der Waals surface area contributed by atoms with Crippen molar-refractivity contribution in [2.24, 2.45) is 7.05 Å². The molecule has 1 N–H and O–H groups in total. The van der Waals surface area contributed by atoms with Gasteiger partial charge in [-0.3, -0.25) is 0 Å². The van der Waals surface area contributed by atoms with Crippen LogP contribution >= 0.6 is 0 Å². The van der Waals surface area contributed by atoms with Crippen LogP contribution in [-0.2, 0) is 20.1 Å². The van der Waals surface area contributed by atoms with Crippen LogP contribution in [0.1, 0.15) is 11.1 Å². The summed E-state index contributed by atoms with van der Waals surface area (Å²) in [6.07, 6.45) is -2.27. The van der Waals surface area contributed by atoms with Gasteiger partial charge in [-0.2, -0.15) is 0 Å². The summed E-state index contributed by atoms with van der Waals surface area (Å²) in [6.45, 7) is 0.431. The summed E-state index contributed by atoms with van der Waals surface area (Å²) >= 11 is 0. The second-order valence-corrected chi connectivity index (χ2v) is 6.33. The van der Waals surface area contributed by atoms with Crippen molar-refractivity contribution >= 4 is 10.9 Å². The maximum Gasteiger partial charge on any atom is 0.573 e. The van der Waals surface area contributed by atoms with Gasteiger partial charge in [0.2, 0.25) is 0 Å². The minimum Gasteiger partial charge on any atom is -0.485 e. The minimum absolute atomic E-state index is 0.0195. The van der Waals surface area contributed by atoms with Crippen molar-refractivity contribution in [1.29, 1.82) is 0 Å². The van der Waals surface area contributed by atoms with Gasteiger partial charge in [0.25, 0.3) is 0 Å². The first-order valence-electron chi connectivity index (χ1n) is 8.67. The lowest BCUT2D eigenvalue weighted by Crippen LogP contribution is -2.18. The zero-order valence-corrected chi connectivity index (χ0v) is 15.4. The number of aromatic nitrogens is 1. The maximum absolute atomic E-state index is 14.5. The van der Waals surface area contributed by atoms with E-state index in [0.29, 0.717) is 18.4 Å². The number of benzene rings is 2. The largest absolute Gasteiger partial charge is 0.573 e. The lowest BCUT2D eigenvalue weighted by Gasteiger charge is -2.15. The Kier molecular flexibility index (Phi) is 5.79. The Morgan fingerprint density at radius 2 is 1.82 bits per heavy atom. The fourth-order valence-electron chi connectivity index (χ4n) is 3.11. The smallest absolute Gasteiger partial charge is 0.485 e. The third kappa shape index (κ3) is 4.39. The molecule has 0 spiro atoms. The second-order valence-electron chi connectivity index (χ2n) is 6.33. The third-order valence-corrected chi connectivity index (χ3v) is 4.35. The number of hydrogen-bond donors (Lipinski definition) is 1. The Labute approximate surface area is 159 Å². The Hall–Kier alpha value is -2.74. The number of para-hydroxylation sites is 1. The van der Waals surface area contributed by atoms with Gasteiger partial charge >= 0.3 is 6.36 Å². The molecular formula is C20H20F4N2O2. The van der Waals surface area contributed by atoms with Gasteiger partial charge < -0.3 is 19.4 Å². The molecule has 3 rings (SSSR count). The van der Waals surface area contributed by atoms with E-state index in [1.165, 1.54) is 24.3 Å². The van der Waals surface area contributed by atoms with Crippen LogP contribution in [0.5, 0.6) is 11.5 Å². The summed E-state index contributed by atoms with van der Waals surface area (Å²) in [4.78, 5) is 0. The van der Waals surface area contributed by atoms with Gasteiger partial charge in [0.05, 0.1) is 5.52 Å². The average Bonchev–Trinajstić information content (AvgIpc) is 2.95. The van der Waals surface area contributed by atoms with Crippen molar-refractivity contribution in [3.05, 3.63) is 59.5 Å². The highest BCUT2D eigenvalue weighted by molar-refractivity contribution is 5.90. The van der Waals surface area contributed by atoms with E-state index in [0.717, 1.165) is 11.1 Å². The molecule has 0 fully saturated rings. The summed E-state index contributed by atoms with van der Waals surface area (Å²) in [5, 5.41) is 3.66. The highest BCUT2D eigenvalue weighted by atomic mass is 19.4. The van der Waals surface area contributed by atoms with E-state index < -0.39 is 12.2 Å². The van der Waals surface area contributed by atoms with Gasteiger partial charge in [0, 0.05) is 24.2 Å². The number of halogens is 4. The predicted octanol–water partition coefficient (Wildman–Crippen LogP) is 4.56. The standard InChI is InChI=1S/C20H20F4N2O2/c1-25-10-9-13-11-26(2)16-8-7-15(21)19(18(13)16)27-12-14-5-3-4-6-17(14)28-20(22,23)24/h3-8,11,25H,9-10,12H2,1-2H3.